The summed E-state index contributed by atoms with van der Waals surface area (Å²) in [5.41, 5.74) is 8.45. The van der Waals surface area contributed by atoms with Crippen molar-refractivity contribution in [3.63, 3.8) is 0 Å². The van der Waals surface area contributed by atoms with Crippen molar-refractivity contribution in [2.75, 3.05) is 5.75 Å². The molecule has 1 saturated heterocycles. The number of rotatable bonds is 1. The van der Waals surface area contributed by atoms with Gasteiger partial charge in [0.05, 0.1) is 5.25 Å². The lowest BCUT2D eigenvalue weighted by Crippen LogP contribution is -2.20. The van der Waals surface area contributed by atoms with Gasteiger partial charge < -0.3 is 5.73 Å². The summed E-state index contributed by atoms with van der Waals surface area (Å²) in [4.78, 5) is 9.25. The monoisotopic (exact) mass is 235 g/mol. The number of hydrogen-bond donors (Lipinski definition) is 1. The Labute approximate surface area is 100 Å². The lowest BCUT2D eigenvalue weighted by Gasteiger charge is -2.21. The van der Waals surface area contributed by atoms with Crippen LogP contribution in [0.15, 0.2) is 6.20 Å². The highest BCUT2D eigenvalue weighted by Crippen LogP contribution is 2.38. The van der Waals surface area contributed by atoms with Gasteiger partial charge in [0, 0.05) is 23.5 Å². The maximum absolute atomic E-state index is 6.06. The second kappa shape index (κ2) is 4.34. The highest BCUT2D eigenvalue weighted by Gasteiger charge is 2.24. The molecule has 1 aromatic rings. The molecule has 2 heterocycles. The van der Waals surface area contributed by atoms with Crippen molar-refractivity contribution >= 4 is 11.8 Å². The van der Waals surface area contributed by atoms with Crippen molar-refractivity contribution in [3.05, 3.63) is 23.3 Å². The summed E-state index contributed by atoms with van der Waals surface area (Å²) >= 11 is 1.99. The minimum absolute atomic E-state index is 0.161. The van der Waals surface area contributed by atoms with Crippen LogP contribution < -0.4 is 5.73 Å². The first kappa shape index (κ1) is 10.5. The molecule has 2 unspecified atom stereocenters. The van der Waals surface area contributed by atoms with Gasteiger partial charge in [0.2, 0.25) is 0 Å². The molecule has 2 atom stereocenters. The molecule has 1 fully saturated rings. The zero-order chi connectivity index (χ0) is 11.0. The number of nitrogens with two attached hydrogens (primary N) is 1. The van der Waals surface area contributed by atoms with Crippen molar-refractivity contribution in [1.82, 2.24) is 9.97 Å². The number of aromatic nitrogens is 2. The molecule has 0 bridgehead atoms. The van der Waals surface area contributed by atoms with Crippen LogP contribution in [0.1, 0.15) is 54.1 Å². The Hall–Kier alpha value is -0.610. The van der Waals surface area contributed by atoms with Crippen molar-refractivity contribution in [1.29, 1.82) is 0 Å². The molecule has 2 N–H and O–H groups in total. The number of fused-ring (bicyclic) bond motifs is 1. The number of hydrogen-bond acceptors (Lipinski definition) is 4. The van der Waals surface area contributed by atoms with Gasteiger partial charge in [-0.1, -0.05) is 0 Å². The van der Waals surface area contributed by atoms with Crippen LogP contribution in [0.25, 0.3) is 0 Å². The second-order valence-corrected chi connectivity index (χ2v) is 5.94. The summed E-state index contributed by atoms with van der Waals surface area (Å²) < 4.78 is 0. The standard InChI is InChI=1S/C12H17N3S/c13-9-3-1-4-10-8(9)7-14-12(15-10)11-5-2-6-16-11/h7,9,11H,1-6,13H2. The van der Waals surface area contributed by atoms with E-state index in [1.54, 1.807) is 0 Å². The Balaban J connectivity index is 1.91. The van der Waals surface area contributed by atoms with Crippen molar-refractivity contribution < 1.29 is 0 Å². The predicted molar refractivity (Wildman–Crippen MR) is 66.3 cm³/mol. The van der Waals surface area contributed by atoms with Crippen LogP contribution in [-0.2, 0) is 6.42 Å². The quantitative estimate of drug-likeness (QED) is 0.812. The molecular formula is C12H17N3S. The summed E-state index contributed by atoms with van der Waals surface area (Å²) in [6, 6.07) is 0.161. The largest absolute Gasteiger partial charge is 0.324 e. The van der Waals surface area contributed by atoms with Crippen LogP contribution in [0.5, 0.6) is 0 Å². The Morgan fingerprint density at radius 1 is 1.31 bits per heavy atom. The fourth-order valence-electron chi connectivity index (χ4n) is 2.53. The highest BCUT2D eigenvalue weighted by atomic mass is 32.2. The average molecular weight is 235 g/mol. The normalized spacial score (nSPS) is 29.1. The minimum atomic E-state index is 0.161. The van der Waals surface area contributed by atoms with Crippen molar-refractivity contribution in [2.45, 2.75) is 43.4 Å². The fraction of sp³-hybridized carbons (Fsp3) is 0.667. The van der Waals surface area contributed by atoms with Crippen LogP contribution in [0, 0.1) is 0 Å². The summed E-state index contributed by atoms with van der Waals surface area (Å²) in [7, 11) is 0. The van der Waals surface area contributed by atoms with E-state index in [2.05, 4.69) is 4.98 Å². The molecule has 0 amide bonds. The van der Waals surface area contributed by atoms with Crippen molar-refractivity contribution in [3.8, 4) is 0 Å². The lowest BCUT2D eigenvalue weighted by atomic mass is 9.93. The first-order chi connectivity index (χ1) is 7.84. The summed E-state index contributed by atoms with van der Waals surface area (Å²) in [6.07, 6.45) is 7.83. The van der Waals surface area contributed by atoms with Gasteiger partial charge in [-0.05, 0) is 37.9 Å². The van der Waals surface area contributed by atoms with E-state index < -0.39 is 0 Å². The third-order valence-electron chi connectivity index (χ3n) is 3.46. The Kier molecular flexibility index (Phi) is 2.86. The molecular weight excluding hydrogens is 218 g/mol. The number of thioether (sulfide) groups is 1. The molecule has 0 spiro atoms. The molecule has 0 aromatic carbocycles. The Morgan fingerprint density at radius 3 is 3.06 bits per heavy atom. The van der Waals surface area contributed by atoms with E-state index in [0.29, 0.717) is 5.25 Å². The molecule has 2 aliphatic rings. The second-order valence-electron chi connectivity index (χ2n) is 4.63. The predicted octanol–water partition coefficient (Wildman–Crippen LogP) is 2.38. The zero-order valence-electron chi connectivity index (χ0n) is 9.35. The summed E-state index contributed by atoms with van der Waals surface area (Å²) in [6.45, 7) is 0. The first-order valence-corrected chi connectivity index (χ1v) is 7.12. The van der Waals surface area contributed by atoms with Crippen molar-refractivity contribution in [2.24, 2.45) is 5.73 Å². The molecule has 0 radical (unpaired) electrons. The SMILES string of the molecule is NC1CCCc2nc(C3CCCS3)ncc21. The molecule has 0 saturated carbocycles. The highest BCUT2D eigenvalue weighted by molar-refractivity contribution is 7.99. The smallest absolute Gasteiger partial charge is 0.141 e. The van der Waals surface area contributed by atoms with Crippen LogP contribution in [0.2, 0.25) is 0 Å². The van der Waals surface area contributed by atoms with E-state index in [-0.39, 0.29) is 6.04 Å². The lowest BCUT2D eigenvalue weighted by molar-refractivity contribution is 0.551. The molecule has 1 aliphatic carbocycles. The number of aryl methyl sites for hydroxylation is 1. The first-order valence-electron chi connectivity index (χ1n) is 6.07. The van der Waals surface area contributed by atoms with Gasteiger partial charge in [0.1, 0.15) is 5.82 Å². The Morgan fingerprint density at radius 2 is 2.25 bits per heavy atom. The fourth-order valence-corrected chi connectivity index (χ4v) is 3.75. The van der Waals surface area contributed by atoms with E-state index in [4.69, 9.17) is 10.7 Å². The molecule has 86 valence electrons. The Bertz CT molecular complexity index is 388. The van der Waals surface area contributed by atoms with E-state index >= 15 is 0 Å². The van der Waals surface area contributed by atoms with Gasteiger partial charge in [-0.15, -0.1) is 0 Å². The van der Waals surface area contributed by atoms with Gasteiger partial charge >= 0.3 is 0 Å². The maximum atomic E-state index is 6.06. The minimum Gasteiger partial charge on any atom is -0.324 e. The van der Waals surface area contributed by atoms with E-state index in [1.807, 2.05) is 18.0 Å². The molecule has 1 aliphatic heterocycles. The molecule has 1 aromatic heterocycles. The zero-order valence-corrected chi connectivity index (χ0v) is 10.2. The molecule has 3 nitrogen and oxygen atoms in total. The van der Waals surface area contributed by atoms with Gasteiger partial charge in [-0.3, -0.25) is 0 Å². The van der Waals surface area contributed by atoms with Gasteiger partial charge in [-0.2, -0.15) is 11.8 Å². The third-order valence-corrected chi connectivity index (χ3v) is 4.84. The van der Waals surface area contributed by atoms with Crippen LogP contribution in [-0.4, -0.2) is 15.7 Å². The van der Waals surface area contributed by atoms with E-state index in [0.717, 1.165) is 18.7 Å². The summed E-state index contributed by atoms with van der Waals surface area (Å²) in [5.74, 6) is 2.29. The summed E-state index contributed by atoms with van der Waals surface area (Å²) in [5, 5.41) is 0.531. The van der Waals surface area contributed by atoms with Gasteiger partial charge in [0.15, 0.2) is 0 Å². The van der Waals surface area contributed by atoms with E-state index in [9.17, 15) is 0 Å². The number of nitrogens with zero attached hydrogens (tertiary/aromatic N) is 2. The molecule has 16 heavy (non-hydrogen) atoms. The van der Waals surface area contributed by atoms with E-state index in [1.165, 1.54) is 36.3 Å². The van der Waals surface area contributed by atoms with Gasteiger partial charge in [-0.25, -0.2) is 9.97 Å². The van der Waals surface area contributed by atoms with Crippen LogP contribution in [0.4, 0.5) is 0 Å². The molecule has 4 heteroatoms. The van der Waals surface area contributed by atoms with Gasteiger partial charge in [0.25, 0.3) is 0 Å². The third kappa shape index (κ3) is 1.84. The van der Waals surface area contributed by atoms with Crippen LogP contribution in [0.3, 0.4) is 0 Å². The topological polar surface area (TPSA) is 51.8 Å². The molecule has 3 rings (SSSR count). The maximum Gasteiger partial charge on any atom is 0.141 e. The van der Waals surface area contributed by atoms with Crippen LogP contribution >= 0.6 is 11.8 Å². The average Bonchev–Trinajstić information content (AvgIpc) is 2.82.